The van der Waals surface area contributed by atoms with E-state index < -0.39 is 9.84 Å². The van der Waals surface area contributed by atoms with Gasteiger partial charge in [-0.1, -0.05) is 27.7 Å². The highest BCUT2D eigenvalue weighted by Gasteiger charge is 2.21. The molecule has 1 N–H and O–H groups in total. The number of hydrogen-bond donors (Lipinski definition) is 1. The van der Waals surface area contributed by atoms with E-state index in [1.165, 1.54) is 0 Å². The van der Waals surface area contributed by atoms with Gasteiger partial charge in [0.05, 0.1) is 5.75 Å². The second-order valence-corrected chi connectivity index (χ2v) is 7.26. The van der Waals surface area contributed by atoms with Crippen molar-refractivity contribution < 1.29 is 8.42 Å². The van der Waals surface area contributed by atoms with Gasteiger partial charge >= 0.3 is 0 Å². The van der Waals surface area contributed by atoms with Crippen molar-refractivity contribution in [3.05, 3.63) is 0 Å². The van der Waals surface area contributed by atoms with Gasteiger partial charge in [-0.2, -0.15) is 0 Å². The van der Waals surface area contributed by atoms with E-state index in [1.54, 1.807) is 6.92 Å². The Kier molecular flexibility index (Phi) is 7.24. The Balaban J connectivity index is 4.04. The summed E-state index contributed by atoms with van der Waals surface area (Å²) in [5.74, 6) is 0.605. The molecule has 16 heavy (non-hydrogen) atoms. The topological polar surface area (TPSA) is 46.2 Å². The third-order valence-corrected chi connectivity index (χ3v) is 5.12. The van der Waals surface area contributed by atoms with E-state index in [0.717, 1.165) is 32.4 Å². The first kappa shape index (κ1) is 15.9. The van der Waals surface area contributed by atoms with E-state index in [-0.39, 0.29) is 11.2 Å². The van der Waals surface area contributed by atoms with Gasteiger partial charge < -0.3 is 5.32 Å². The highest BCUT2D eigenvalue weighted by Crippen LogP contribution is 2.26. The maximum absolute atomic E-state index is 11.4. The van der Waals surface area contributed by atoms with Gasteiger partial charge in [0.2, 0.25) is 0 Å². The number of hydrogen-bond acceptors (Lipinski definition) is 3. The van der Waals surface area contributed by atoms with Gasteiger partial charge in [-0.15, -0.1) is 0 Å². The van der Waals surface area contributed by atoms with Crippen LogP contribution in [0.4, 0.5) is 0 Å². The van der Waals surface area contributed by atoms with E-state index in [4.69, 9.17) is 0 Å². The van der Waals surface area contributed by atoms with Gasteiger partial charge in [-0.25, -0.2) is 8.42 Å². The second-order valence-electron chi connectivity index (χ2n) is 4.78. The normalized spacial score (nSPS) is 16.0. The van der Waals surface area contributed by atoms with E-state index in [9.17, 15) is 8.42 Å². The SMILES string of the molecule is CCNCC(C)(CC)CCCS(=O)(=O)CC. The van der Waals surface area contributed by atoms with Gasteiger partial charge in [0.1, 0.15) is 9.84 Å². The second kappa shape index (κ2) is 7.28. The lowest BCUT2D eigenvalue weighted by molar-refractivity contribution is 0.269. The minimum absolute atomic E-state index is 0.235. The van der Waals surface area contributed by atoms with Crippen molar-refractivity contribution in [3.63, 3.8) is 0 Å². The molecule has 1 unspecified atom stereocenters. The summed E-state index contributed by atoms with van der Waals surface area (Å²) < 4.78 is 22.7. The van der Waals surface area contributed by atoms with Crippen LogP contribution in [0.2, 0.25) is 0 Å². The molecule has 0 saturated carbocycles. The summed E-state index contributed by atoms with van der Waals surface area (Å²) in [4.78, 5) is 0. The molecule has 0 saturated heterocycles. The average Bonchev–Trinajstić information content (AvgIpc) is 2.26. The van der Waals surface area contributed by atoms with E-state index >= 15 is 0 Å². The van der Waals surface area contributed by atoms with Crippen LogP contribution < -0.4 is 5.32 Å². The molecule has 0 amide bonds. The molecule has 0 bridgehead atoms. The molecule has 0 heterocycles. The fraction of sp³-hybridized carbons (Fsp3) is 1.00. The summed E-state index contributed by atoms with van der Waals surface area (Å²) in [6.07, 6.45) is 2.85. The molecule has 0 aromatic rings. The van der Waals surface area contributed by atoms with Crippen LogP contribution in [-0.4, -0.2) is 33.0 Å². The summed E-state index contributed by atoms with van der Waals surface area (Å²) in [6.45, 7) is 10.2. The molecule has 0 aliphatic carbocycles. The van der Waals surface area contributed by atoms with Crippen LogP contribution >= 0.6 is 0 Å². The third kappa shape index (κ3) is 6.48. The molecule has 0 aliphatic heterocycles. The summed E-state index contributed by atoms with van der Waals surface area (Å²) in [5, 5.41) is 3.35. The van der Waals surface area contributed by atoms with Crippen molar-refractivity contribution in [2.75, 3.05) is 24.6 Å². The van der Waals surface area contributed by atoms with Crippen molar-refractivity contribution in [1.29, 1.82) is 0 Å². The zero-order valence-corrected chi connectivity index (χ0v) is 12.0. The predicted molar refractivity (Wildman–Crippen MR) is 70.5 cm³/mol. The fourth-order valence-corrected chi connectivity index (χ4v) is 2.55. The Labute approximate surface area is 101 Å². The van der Waals surface area contributed by atoms with Crippen LogP contribution in [0.5, 0.6) is 0 Å². The van der Waals surface area contributed by atoms with Crippen LogP contribution in [0.3, 0.4) is 0 Å². The van der Waals surface area contributed by atoms with Crippen LogP contribution in [0, 0.1) is 5.41 Å². The Morgan fingerprint density at radius 1 is 1.19 bits per heavy atom. The zero-order chi connectivity index (χ0) is 12.7. The lowest BCUT2D eigenvalue weighted by Crippen LogP contribution is -2.31. The first-order valence-corrected chi connectivity index (χ1v) is 8.12. The smallest absolute Gasteiger partial charge is 0.150 e. The van der Waals surface area contributed by atoms with Crippen molar-refractivity contribution in [2.24, 2.45) is 5.41 Å². The highest BCUT2D eigenvalue weighted by molar-refractivity contribution is 7.91. The monoisotopic (exact) mass is 249 g/mol. The highest BCUT2D eigenvalue weighted by atomic mass is 32.2. The molecular weight excluding hydrogens is 222 g/mol. The first-order chi connectivity index (χ1) is 7.39. The first-order valence-electron chi connectivity index (χ1n) is 6.30. The van der Waals surface area contributed by atoms with E-state index in [2.05, 4.69) is 26.1 Å². The van der Waals surface area contributed by atoms with Gasteiger partial charge in [-0.05, 0) is 31.2 Å². The van der Waals surface area contributed by atoms with Crippen molar-refractivity contribution in [2.45, 2.75) is 47.0 Å². The summed E-state index contributed by atoms with van der Waals surface area (Å²) in [5.41, 5.74) is 0.235. The van der Waals surface area contributed by atoms with Gasteiger partial charge in [-0.3, -0.25) is 0 Å². The molecular formula is C12H27NO2S. The van der Waals surface area contributed by atoms with Crippen molar-refractivity contribution in [3.8, 4) is 0 Å². The minimum Gasteiger partial charge on any atom is -0.316 e. The average molecular weight is 249 g/mol. The molecule has 0 radical (unpaired) electrons. The zero-order valence-electron chi connectivity index (χ0n) is 11.2. The van der Waals surface area contributed by atoms with Crippen LogP contribution in [0.25, 0.3) is 0 Å². The van der Waals surface area contributed by atoms with Crippen molar-refractivity contribution >= 4 is 9.84 Å². The maximum Gasteiger partial charge on any atom is 0.150 e. The summed E-state index contributed by atoms with van der Waals surface area (Å²) in [6, 6.07) is 0. The Hall–Kier alpha value is -0.0900. The summed E-state index contributed by atoms with van der Waals surface area (Å²) in [7, 11) is -2.79. The predicted octanol–water partition coefficient (Wildman–Crippen LogP) is 2.23. The lowest BCUT2D eigenvalue weighted by Gasteiger charge is -2.28. The van der Waals surface area contributed by atoms with Crippen LogP contribution in [0.15, 0.2) is 0 Å². The Morgan fingerprint density at radius 2 is 1.81 bits per heavy atom. The minimum atomic E-state index is -2.79. The number of rotatable bonds is 9. The van der Waals surface area contributed by atoms with E-state index in [0.29, 0.717) is 5.75 Å². The number of nitrogens with one attached hydrogen (secondary N) is 1. The van der Waals surface area contributed by atoms with Gasteiger partial charge in [0.15, 0.2) is 0 Å². The molecule has 4 heteroatoms. The summed E-state index contributed by atoms with van der Waals surface area (Å²) >= 11 is 0. The van der Waals surface area contributed by atoms with Crippen molar-refractivity contribution in [1.82, 2.24) is 5.32 Å². The molecule has 0 rings (SSSR count). The molecule has 0 aliphatic rings. The Bertz CT molecular complexity index is 275. The Morgan fingerprint density at radius 3 is 2.25 bits per heavy atom. The molecule has 1 atom stereocenters. The molecule has 0 fully saturated rings. The molecule has 98 valence electrons. The largest absolute Gasteiger partial charge is 0.316 e. The molecule has 0 aromatic carbocycles. The van der Waals surface area contributed by atoms with Crippen LogP contribution in [0.1, 0.15) is 47.0 Å². The maximum atomic E-state index is 11.4. The quantitative estimate of drug-likeness (QED) is 0.681. The molecule has 3 nitrogen and oxygen atoms in total. The third-order valence-electron chi connectivity index (χ3n) is 3.33. The standard InChI is InChI=1S/C12H27NO2S/c1-5-12(4,11-13-6-2)9-8-10-16(14,15)7-3/h13H,5-11H2,1-4H3. The fourth-order valence-electron chi connectivity index (χ4n) is 1.68. The molecule has 0 aromatic heterocycles. The van der Waals surface area contributed by atoms with Crippen LogP contribution in [-0.2, 0) is 9.84 Å². The van der Waals surface area contributed by atoms with E-state index in [1.807, 2.05) is 0 Å². The number of sulfone groups is 1. The van der Waals surface area contributed by atoms with Gasteiger partial charge in [0, 0.05) is 12.3 Å². The molecule has 0 spiro atoms. The lowest BCUT2D eigenvalue weighted by atomic mass is 9.83. The van der Waals surface area contributed by atoms with Gasteiger partial charge in [0.25, 0.3) is 0 Å².